The molecular formula is C21H31N7O2S. The zero-order chi connectivity index (χ0) is 22.1. The van der Waals surface area contributed by atoms with Gasteiger partial charge in [0.2, 0.25) is 11.9 Å². The number of anilines is 1. The van der Waals surface area contributed by atoms with Gasteiger partial charge in [-0.15, -0.1) is 0 Å². The first kappa shape index (κ1) is 23.0. The van der Waals surface area contributed by atoms with Crippen molar-refractivity contribution in [3.05, 3.63) is 40.8 Å². The predicted octanol–water partition coefficient (Wildman–Crippen LogP) is 1.04. The van der Waals surface area contributed by atoms with Gasteiger partial charge in [0.05, 0.1) is 6.54 Å². The smallest absolute Gasteiger partial charge is 0.225 e. The van der Waals surface area contributed by atoms with E-state index in [2.05, 4.69) is 30.5 Å². The third-order valence-corrected chi connectivity index (χ3v) is 5.81. The number of thiophene rings is 1. The van der Waals surface area contributed by atoms with Crippen LogP contribution in [0.1, 0.15) is 25.8 Å². The maximum atomic E-state index is 12.6. The molecule has 3 rings (SSSR count). The van der Waals surface area contributed by atoms with Crippen LogP contribution in [0, 0.1) is 0 Å². The van der Waals surface area contributed by atoms with Crippen LogP contribution in [0.4, 0.5) is 5.95 Å². The first-order valence-electron chi connectivity index (χ1n) is 10.6. The standard InChI is InChI=1S/C21H31N7O2S/c1-3-22-19(26-16-21(2,30)17-6-14-31-15-17)23-9-5-18(29)27-10-12-28(13-11-27)20-24-7-4-8-25-20/h4,6-8,14-15,30H,3,5,9-13,16H2,1-2H3,(H2,22,23,26). The zero-order valence-electron chi connectivity index (χ0n) is 18.1. The Labute approximate surface area is 187 Å². The molecule has 0 spiro atoms. The van der Waals surface area contributed by atoms with Gasteiger partial charge >= 0.3 is 0 Å². The Hall–Kier alpha value is -2.72. The van der Waals surface area contributed by atoms with Crippen LogP contribution in [0.15, 0.2) is 40.3 Å². The summed E-state index contributed by atoms with van der Waals surface area (Å²) in [7, 11) is 0. The fourth-order valence-electron chi connectivity index (χ4n) is 3.29. The number of amides is 1. The summed E-state index contributed by atoms with van der Waals surface area (Å²) in [5.41, 5.74) is -0.173. The van der Waals surface area contributed by atoms with Crippen molar-refractivity contribution in [2.45, 2.75) is 25.9 Å². The van der Waals surface area contributed by atoms with Crippen LogP contribution in [-0.4, -0.2) is 77.7 Å². The Kier molecular flexibility index (Phi) is 8.19. The van der Waals surface area contributed by atoms with Crippen molar-refractivity contribution in [2.75, 3.05) is 50.7 Å². The molecule has 0 saturated carbocycles. The predicted molar refractivity (Wildman–Crippen MR) is 123 cm³/mol. The molecule has 3 heterocycles. The Morgan fingerprint density at radius 2 is 2.00 bits per heavy atom. The van der Waals surface area contributed by atoms with Crippen LogP contribution in [0.5, 0.6) is 0 Å². The molecule has 2 aromatic rings. The van der Waals surface area contributed by atoms with Gasteiger partial charge in [-0.2, -0.15) is 11.3 Å². The van der Waals surface area contributed by atoms with Crippen molar-refractivity contribution in [3.63, 3.8) is 0 Å². The van der Waals surface area contributed by atoms with E-state index in [4.69, 9.17) is 0 Å². The summed E-state index contributed by atoms with van der Waals surface area (Å²) >= 11 is 1.55. The highest BCUT2D eigenvalue weighted by Crippen LogP contribution is 2.23. The second kappa shape index (κ2) is 11.1. The van der Waals surface area contributed by atoms with Crippen molar-refractivity contribution < 1.29 is 9.90 Å². The fraction of sp³-hybridized carbons (Fsp3) is 0.524. The molecule has 9 nitrogen and oxygen atoms in total. The molecular weight excluding hydrogens is 414 g/mol. The van der Waals surface area contributed by atoms with E-state index in [1.807, 2.05) is 28.7 Å². The second-order valence-electron chi connectivity index (χ2n) is 7.57. The largest absolute Gasteiger partial charge is 0.383 e. The van der Waals surface area contributed by atoms with Crippen LogP contribution in [0.3, 0.4) is 0 Å². The minimum Gasteiger partial charge on any atom is -0.383 e. The monoisotopic (exact) mass is 445 g/mol. The van der Waals surface area contributed by atoms with Gasteiger partial charge in [-0.1, -0.05) is 0 Å². The van der Waals surface area contributed by atoms with E-state index in [9.17, 15) is 9.90 Å². The second-order valence-corrected chi connectivity index (χ2v) is 8.35. The minimum atomic E-state index is -1.03. The molecule has 1 aliphatic rings. The summed E-state index contributed by atoms with van der Waals surface area (Å²) in [6.45, 7) is 7.92. The van der Waals surface area contributed by atoms with E-state index in [-0.39, 0.29) is 12.5 Å². The number of hydrogen-bond donors (Lipinski definition) is 3. The third kappa shape index (κ3) is 6.63. The number of nitrogens with zero attached hydrogens (tertiary/aromatic N) is 5. The van der Waals surface area contributed by atoms with Crippen molar-refractivity contribution in [3.8, 4) is 0 Å². The Balaban J connectivity index is 1.43. The number of rotatable bonds is 8. The van der Waals surface area contributed by atoms with Gasteiger partial charge in [0.15, 0.2) is 5.96 Å². The van der Waals surface area contributed by atoms with Crippen LogP contribution < -0.4 is 15.5 Å². The number of aromatic nitrogens is 2. The SMILES string of the molecule is CCNC(=NCC(C)(O)c1ccsc1)NCCC(=O)N1CCN(c2ncccn2)CC1. The molecule has 1 amide bonds. The summed E-state index contributed by atoms with van der Waals surface area (Å²) in [4.78, 5) is 29.6. The highest BCUT2D eigenvalue weighted by Gasteiger charge is 2.24. The number of carbonyl (C=O) groups is 1. The number of aliphatic imine (C=N–C) groups is 1. The quantitative estimate of drug-likeness (QED) is 0.412. The highest BCUT2D eigenvalue weighted by molar-refractivity contribution is 7.08. The molecule has 2 aromatic heterocycles. The van der Waals surface area contributed by atoms with E-state index >= 15 is 0 Å². The van der Waals surface area contributed by atoms with Gasteiger partial charge in [0.25, 0.3) is 0 Å². The maximum absolute atomic E-state index is 12.6. The molecule has 1 fully saturated rings. The lowest BCUT2D eigenvalue weighted by molar-refractivity contribution is -0.131. The molecule has 0 radical (unpaired) electrons. The van der Waals surface area contributed by atoms with E-state index < -0.39 is 5.60 Å². The Bertz CT molecular complexity index is 835. The maximum Gasteiger partial charge on any atom is 0.225 e. The first-order chi connectivity index (χ1) is 15.0. The van der Waals surface area contributed by atoms with Gasteiger partial charge in [-0.05, 0) is 42.3 Å². The fourth-order valence-corrected chi connectivity index (χ4v) is 4.08. The summed E-state index contributed by atoms with van der Waals surface area (Å²) < 4.78 is 0. The molecule has 0 aromatic carbocycles. The Morgan fingerprint density at radius 1 is 1.26 bits per heavy atom. The topological polar surface area (TPSA) is 106 Å². The molecule has 1 saturated heterocycles. The lowest BCUT2D eigenvalue weighted by Gasteiger charge is -2.34. The normalized spacial score (nSPS) is 16.7. The van der Waals surface area contributed by atoms with Crippen LogP contribution in [-0.2, 0) is 10.4 Å². The number of carbonyl (C=O) groups excluding carboxylic acids is 1. The molecule has 3 N–H and O–H groups in total. The molecule has 10 heteroatoms. The van der Waals surface area contributed by atoms with Crippen molar-refractivity contribution in [1.29, 1.82) is 0 Å². The van der Waals surface area contributed by atoms with Crippen molar-refractivity contribution in [2.24, 2.45) is 4.99 Å². The molecule has 1 atom stereocenters. The highest BCUT2D eigenvalue weighted by atomic mass is 32.1. The van der Waals surface area contributed by atoms with E-state index in [1.54, 1.807) is 36.7 Å². The minimum absolute atomic E-state index is 0.113. The number of guanidine groups is 1. The number of piperazine rings is 1. The van der Waals surface area contributed by atoms with Gasteiger partial charge < -0.3 is 25.5 Å². The van der Waals surface area contributed by atoms with Gasteiger partial charge in [0.1, 0.15) is 5.60 Å². The van der Waals surface area contributed by atoms with Crippen LogP contribution in [0.2, 0.25) is 0 Å². The third-order valence-electron chi connectivity index (χ3n) is 5.13. The van der Waals surface area contributed by atoms with Crippen molar-refractivity contribution in [1.82, 2.24) is 25.5 Å². The molecule has 0 bridgehead atoms. The van der Waals surface area contributed by atoms with Crippen molar-refractivity contribution >= 4 is 29.2 Å². The summed E-state index contributed by atoms with van der Waals surface area (Å²) in [6.07, 6.45) is 3.84. The number of nitrogens with one attached hydrogen (secondary N) is 2. The molecule has 1 aliphatic heterocycles. The van der Waals surface area contributed by atoms with Gasteiger partial charge in [-0.3, -0.25) is 4.79 Å². The van der Waals surface area contributed by atoms with Gasteiger partial charge in [0, 0.05) is 58.1 Å². The van der Waals surface area contributed by atoms with E-state index in [0.717, 1.165) is 18.7 Å². The molecule has 168 valence electrons. The van der Waals surface area contributed by atoms with Crippen LogP contribution >= 0.6 is 11.3 Å². The summed E-state index contributed by atoms with van der Waals surface area (Å²) in [5, 5.41) is 20.9. The number of hydrogen-bond acceptors (Lipinski definition) is 7. The molecule has 31 heavy (non-hydrogen) atoms. The van der Waals surface area contributed by atoms with E-state index in [1.165, 1.54) is 0 Å². The lowest BCUT2D eigenvalue weighted by atomic mass is 10.00. The van der Waals surface area contributed by atoms with Gasteiger partial charge in [-0.25, -0.2) is 15.0 Å². The summed E-state index contributed by atoms with van der Waals surface area (Å²) in [5.74, 6) is 1.42. The average molecular weight is 446 g/mol. The average Bonchev–Trinajstić information content (AvgIpc) is 3.34. The Morgan fingerprint density at radius 3 is 2.65 bits per heavy atom. The van der Waals surface area contributed by atoms with E-state index in [0.29, 0.717) is 44.5 Å². The lowest BCUT2D eigenvalue weighted by Crippen LogP contribution is -2.50. The number of aliphatic hydroxyl groups is 1. The van der Waals surface area contributed by atoms with Crippen LogP contribution in [0.25, 0.3) is 0 Å². The summed E-state index contributed by atoms with van der Waals surface area (Å²) in [6, 6.07) is 3.70. The molecule has 1 unspecified atom stereocenters. The molecule has 0 aliphatic carbocycles. The zero-order valence-corrected chi connectivity index (χ0v) is 18.9. The first-order valence-corrected chi connectivity index (χ1v) is 11.5.